The fraction of sp³-hybridized carbons (Fsp3) is 0.364. The lowest BCUT2D eigenvalue weighted by molar-refractivity contribution is -0.174. The third-order valence-electron chi connectivity index (χ3n) is 2.26. The van der Waals surface area contributed by atoms with Crippen molar-refractivity contribution in [1.82, 2.24) is 0 Å². The molecule has 1 aromatic carbocycles. The first-order valence-electron chi connectivity index (χ1n) is 5.09. The average molecular weight is 324 g/mol. The Hall–Kier alpha value is -1.21. The first kappa shape index (κ1) is 14.8. The van der Waals surface area contributed by atoms with Crippen LogP contribution in [0.5, 0.6) is 5.75 Å². The number of benzene rings is 1. The van der Waals surface area contributed by atoms with Crippen molar-refractivity contribution >= 4 is 21.9 Å². The maximum atomic E-state index is 13.7. The average Bonchev–Trinajstić information content (AvgIpc) is 2.31. The lowest BCUT2D eigenvalue weighted by Gasteiger charge is -2.22. The number of esters is 1. The van der Waals surface area contributed by atoms with E-state index in [0.717, 1.165) is 0 Å². The maximum Gasteiger partial charge on any atom is 0.379 e. The van der Waals surface area contributed by atoms with Gasteiger partial charge in [-0.2, -0.15) is 8.78 Å². The van der Waals surface area contributed by atoms with Gasteiger partial charge >= 0.3 is 11.9 Å². The van der Waals surface area contributed by atoms with Gasteiger partial charge in [-0.25, -0.2) is 4.79 Å². The number of hydrogen-bond donors (Lipinski definition) is 2. The summed E-state index contributed by atoms with van der Waals surface area (Å²) >= 11 is 3.07. The van der Waals surface area contributed by atoms with Crippen LogP contribution >= 0.6 is 15.9 Å². The van der Waals surface area contributed by atoms with E-state index >= 15 is 0 Å². The highest BCUT2D eigenvalue weighted by molar-refractivity contribution is 9.10. The molecule has 1 atom stereocenters. The number of nitrogens with two attached hydrogens (primary N) is 1. The van der Waals surface area contributed by atoms with Gasteiger partial charge < -0.3 is 15.6 Å². The van der Waals surface area contributed by atoms with Gasteiger partial charge in [-0.05, 0) is 25.1 Å². The van der Waals surface area contributed by atoms with Gasteiger partial charge in [0.2, 0.25) is 0 Å². The molecule has 0 heterocycles. The van der Waals surface area contributed by atoms with Crippen LogP contribution in [0, 0.1) is 0 Å². The Morgan fingerprint density at radius 1 is 1.61 bits per heavy atom. The Morgan fingerprint density at radius 2 is 2.22 bits per heavy atom. The van der Waals surface area contributed by atoms with Crippen LogP contribution in [0.3, 0.4) is 0 Å². The van der Waals surface area contributed by atoms with Crippen molar-refractivity contribution in [2.75, 3.05) is 6.61 Å². The van der Waals surface area contributed by atoms with E-state index in [1.807, 2.05) is 0 Å². The second kappa shape index (κ2) is 5.62. The molecule has 4 nitrogen and oxygen atoms in total. The number of carbonyl (C=O) groups is 1. The molecule has 0 aliphatic heterocycles. The molecule has 7 heteroatoms. The van der Waals surface area contributed by atoms with Crippen molar-refractivity contribution in [3.8, 4) is 5.75 Å². The number of ether oxygens (including phenoxy) is 1. The first-order valence-corrected chi connectivity index (χ1v) is 5.89. The molecule has 1 rings (SSSR count). The summed E-state index contributed by atoms with van der Waals surface area (Å²) in [5.74, 6) is -6.03. The van der Waals surface area contributed by atoms with Gasteiger partial charge in [-0.3, -0.25) is 0 Å². The normalized spacial score (nSPS) is 13.2. The van der Waals surface area contributed by atoms with Crippen molar-refractivity contribution < 1.29 is 23.4 Å². The largest absolute Gasteiger partial charge is 0.508 e. The van der Waals surface area contributed by atoms with Gasteiger partial charge in [-0.15, -0.1) is 0 Å². The molecule has 3 N–H and O–H groups in total. The number of halogens is 3. The number of rotatable bonds is 4. The van der Waals surface area contributed by atoms with Gasteiger partial charge in [0.25, 0.3) is 0 Å². The van der Waals surface area contributed by atoms with E-state index in [1.54, 1.807) is 0 Å². The molecule has 0 aliphatic rings. The molecule has 0 spiro atoms. The molecule has 100 valence electrons. The molecule has 0 saturated heterocycles. The summed E-state index contributed by atoms with van der Waals surface area (Å²) in [5, 5.41) is 9.49. The third-order valence-corrected chi connectivity index (χ3v) is 2.76. The van der Waals surface area contributed by atoms with Crippen LogP contribution in [0.15, 0.2) is 22.7 Å². The van der Waals surface area contributed by atoms with Crippen molar-refractivity contribution in [3.05, 3.63) is 28.2 Å². The number of aromatic hydroxyl groups is 1. The highest BCUT2D eigenvalue weighted by atomic mass is 79.9. The summed E-state index contributed by atoms with van der Waals surface area (Å²) in [7, 11) is 0. The summed E-state index contributed by atoms with van der Waals surface area (Å²) in [6, 6.07) is 1.93. The number of hydrogen-bond acceptors (Lipinski definition) is 4. The Morgan fingerprint density at radius 3 is 2.78 bits per heavy atom. The van der Waals surface area contributed by atoms with E-state index < -0.39 is 23.7 Å². The van der Waals surface area contributed by atoms with Gasteiger partial charge in [-0.1, -0.05) is 15.9 Å². The van der Waals surface area contributed by atoms with E-state index in [2.05, 4.69) is 20.7 Å². The molecule has 0 saturated carbocycles. The Kier molecular flexibility index (Phi) is 4.64. The minimum atomic E-state index is -3.91. The van der Waals surface area contributed by atoms with Crippen molar-refractivity contribution in [2.24, 2.45) is 5.73 Å². The van der Waals surface area contributed by atoms with E-state index in [0.29, 0.717) is 4.47 Å². The fourth-order valence-electron chi connectivity index (χ4n) is 1.32. The zero-order chi connectivity index (χ0) is 13.9. The predicted molar refractivity (Wildman–Crippen MR) is 64.3 cm³/mol. The summed E-state index contributed by atoms with van der Waals surface area (Å²) in [6.45, 7) is 1.24. The van der Waals surface area contributed by atoms with Crippen molar-refractivity contribution in [3.63, 3.8) is 0 Å². The summed E-state index contributed by atoms with van der Waals surface area (Å²) in [5.41, 5.74) is 5.11. The van der Waals surface area contributed by atoms with E-state index in [9.17, 15) is 18.7 Å². The molecular weight excluding hydrogens is 312 g/mol. The standard InChI is InChI=1S/C11H12BrF2NO3/c1-2-18-10(17)11(13,14)9(15)7-5-6(12)3-4-8(7)16/h3-5,9,16H,2,15H2,1H3/t9-/m0/s1. The molecule has 0 aliphatic carbocycles. The Labute approximate surface area is 111 Å². The SMILES string of the molecule is CCOC(=O)C(F)(F)[C@@H](N)c1cc(Br)ccc1O. The molecule has 18 heavy (non-hydrogen) atoms. The topological polar surface area (TPSA) is 72.5 Å². The molecule has 0 radical (unpaired) electrons. The fourth-order valence-corrected chi connectivity index (χ4v) is 1.70. The van der Waals surface area contributed by atoms with Crippen LogP contribution in [0.2, 0.25) is 0 Å². The molecule has 0 bridgehead atoms. The minimum Gasteiger partial charge on any atom is -0.508 e. The van der Waals surface area contributed by atoms with Crippen LogP contribution in [-0.2, 0) is 9.53 Å². The minimum absolute atomic E-state index is 0.175. The van der Waals surface area contributed by atoms with Gasteiger partial charge in [0.15, 0.2) is 0 Å². The molecule has 1 aromatic rings. The van der Waals surface area contributed by atoms with Crippen molar-refractivity contribution in [2.45, 2.75) is 18.9 Å². The smallest absolute Gasteiger partial charge is 0.379 e. The second-order valence-electron chi connectivity index (χ2n) is 3.52. The number of alkyl halides is 2. The monoisotopic (exact) mass is 323 g/mol. The molecule has 0 unspecified atom stereocenters. The van der Waals surface area contributed by atoms with E-state index in [-0.39, 0.29) is 12.2 Å². The van der Waals surface area contributed by atoms with Crippen molar-refractivity contribution in [1.29, 1.82) is 0 Å². The summed E-state index contributed by atoms with van der Waals surface area (Å²) in [6.07, 6.45) is 0. The lowest BCUT2D eigenvalue weighted by Crippen LogP contribution is -2.41. The van der Waals surface area contributed by atoms with Crippen LogP contribution in [0.25, 0.3) is 0 Å². The molecule has 0 amide bonds. The third kappa shape index (κ3) is 2.97. The number of carbonyl (C=O) groups excluding carboxylic acids is 1. The Bertz CT molecular complexity index is 454. The van der Waals surface area contributed by atoms with Crippen LogP contribution in [0.1, 0.15) is 18.5 Å². The zero-order valence-corrected chi connectivity index (χ0v) is 11.1. The van der Waals surface area contributed by atoms with E-state index in [4.69, 9.17) is 5.73 Å². The van der Waals surface area contributed by atoms with Crippen LogP contribution < -0.4 is 5.73 Å². The highest BCUT2D eigenvalue weighted by Gasteiger charge is 2.48. The molecule has 0 fully saturated rings. The summed E-state index contributed by atoms with van der Waals surface area (Å²) in [4.78, 5) is 11.1. The first-order chi connectivity index (χ1) is 8.30. The van der Waals surface area contributed by atoms with Gasteiger partial charge in [0.05, 0.1) is 6.61 Å². The van der Waals surface area contributed by atoms with Crippen LogP contribution in [-0.4, -0.2) is 23.6 Å². The van der Waals surface area contributed by atoms with Gasteiger partial charge in [0, 0.05) is 10.0 Å². The summed E-state index contributed by atoms with van der Waals surface area (Å²) < 4.78 is 32.1. The number of phenols is 1. The molecular formula is C11H12BrF2NO3. The van der Waals surface area contributed by atoms with Gasteiger partial charge in [0.1, 0.15) is 11.8 Å². The van der Waals surface area contributed by atoms with Crippen LogP contribution in [0.4, 0.5) is 8.78 Å². The number of phenolic OH excluding ortho intramolecular Hbond substituents is 1. The maximum absolute atomic E-state index is 13.7. The second-order valence-corrected chi connectivity index (χ2v) is 4.44. The Balaban J connectivity index is 3.08. The lowest BCUT2D eigenvalue weighted by atomic mass is 10.0. The quantitative estimate of drug-likeness (QED) is 0.834. The van der Waals surface area contributed by atoms with E-state index in [1.165, 1.54) is 25.1 Å². The predicted octanol–water partition coefficient (Wildman–Crippen LogP) is 2.35. The highest BCUT2D eigenvalue weighted by Crippen LogP contribution is 2.36. The molecule has 0 aromatic heterocycles. The zero-order valence-electron chi connectivity index (χ0n) is 9.49.